The topological polar surface area (TPSA) is 103 Å². The predicted octanol–water partition coefficient (Wildman–Crippen LogP) is 0.508. The van der Waals surface area contributed by atoms with E-state index >= 15 is 0 Å². The van der Waals surface area contributed by atoms with E-state index in [9.17, 15) is 22.6 Å². The van der Waals surface area contributed by atoms with Crippen molar-refractivity contribution in [3.05, 3.63) is 24.3 Å². The highest BCUT2D eigenvalue weighted by atomic mass is 32.2. The fourth-order valence-corrected chi connectivity index (χ4v) is 1.61. The number of hydrogen-bond donors (Lipinski definition) is 1. The number of anilines is 1. The van der Waals surface area contributed by atoms with E-state index in [4.69, 9.17) is 0 Å². The molecule has 0 aliphatic heterocycles. The van der Waals surface area contributed by atoms with Gasteiger partial charge < -0.3 is 9.87 Å². The summed E-state index contributed by atoms with van der Waals surface area (Å²) in [5, 5.41) is 2.40. The van der Waals surface area contributed by atoms with E-state index in [0.717, 1.165) is 12.1 Å². The number of carbonyl (C=O) groups excluding carboxylic acids is 2. The number of benzene rings is 1. The molecule has 0 aliphatic rings. The van der Waals surface area contributed by atoms with Crippen LogP contribution in [0.1, 0.15) is 13.3 Å². The van der Waals surface area contributed by atoms with Gasteiger partial charge in [0.1, 0.15) is 15.9 Å². The van der Waals surface area contributed by atoms with Crippen molar-refractivity contribution in [2.45, 2.75) is 18.2 Å². The summed E-state index contributed by atoms with van der Waals surface area (Å²) in [7, 11) is -4.48. The largest absolute Gasteiger partial charge is 0.744 e. The van der Waals surface area contributed by atoms with Crippen LogP contribution >= 0.6 is 0 Å². The van der Waals surface area contributed by atoms with Crippen LogP contribution in [0.5, 0.6) is 0 Å². The highest BCUT2D eigenvalue weighted by Gasteiger charge is 2.06. The lowest BCUT2D eigenvalue weighted by Crippen LogP contribution is -2.14. The summed E-state index contributed by atoms with van der Waals surface area (Å²) in [6.45, 7) is 1.28. The van der Waals surface area contributed by atoms with Gasteiger partial charge in [-0.1, -0.05) is 0 Å². The molecule has 0 saturated carbocycles. The van der Waals surface area contributed by atoms with E-state index < -0.39 is 16.0 Å². The van der Waals surface area contributed by atoms with Gasteiger partial charge in [-0.3, -0.25) is 9.59 Å². The average molecular weight is 256 g/mol. The molecule has 1 amide bonds. The molecule has 17 heavy (non-hydrogen) atoms. The summed E-state index contributed by atoms with van der Waals surface area (Å²) in [5.74, 6) is -0.767. The molecule has 0 heterocycles. The monoisotopic (exact) mass is 256 g/mol. The van der Waals surface area contributed by atoms with Crippen molar-refractivity contribution in [2.24, 2.45) is 0 Å². The highest BCUT2D eigenvalue weighted by Crippen LogP contribution is 2.13. The van der Waals surface area contributed by atoms with E-state index in [1.165, 1.54) is 19.1 Å². The molecule has 1 aromatic carbocycles. The Morgan fingerprint density at radius 1 is 1.24 bits per heavy atom. The fraction of sp³-hybridized carbons (Fsp3) is 0.200. The molecule has 0 spiro atoms. The van der Waals surface area contributed by atoms with Crippen LogP contribution in [-0.2, 0) is 19.7 Å². The maximum atomic E-state index is 11.2. The predicted molar refractivity (Wildman–Crippen MR) is 58.3 cm³/mol. The Balaban J connectivity index is 2.76. The molecule has 0 unspecified atom stereocenters. The molecule has 1 N–H and O–H groups in total. The first-order valence-corrected chi connectivity index (χ1v) is 6.05. The number of Topliss-reactive ketones (excluding diaryl/α,β-unsaturated/α-hetero) is 1. The second-order valence-electron chi connectivity index (χ2n) is 3.41. The van der Waals surface area contributed by atoms with Gasteiger partial charge in [-0.2, -0.15) is 0 Å². The molecule has 0 aromatic heterocycles. The van der Waals surface area contributed by atoms with Crippen LogP contribution in [0.4, 0.5) is 5.69 Å². The number of carbonyl (C=O) groups is 2. The van der Waals surface area contributed by atoms with Crippen molar-refractivity contribution in [1.29, 1.82) is 0 Å². The second-order valence-corrected chi connectivity index (χ2v) is 4.79. The van der Waals surface area contributed by atoms with Crippen LogP contribution in [0.25, 0.3) is 0 Å². The maximum Gasteiger partial charge on any atom is 0.231 e. The summed E-state index contributed by atoms with van der Waals surface area (Å²) in [4.78, 5) is 21.5. The van der Waals surface area contributed by atoms with Crippen LogP contribution in [-0.4, -0.2) is 24.7 Å². The van der Waals surface area contributed by atoms with E-state index in [1.54, 1.807) is 0 Å². The van der Waals surface area contributed by atoms with Gasteiger partial charge in [0.2, 0.25) is 5.91 Å². The third-order valence-corrected chi connectivity index (χ3v) is 2.69. The molecular formula is C10H10NO5S-. The molecule has 7 heteroatoms. The number of nitrogens with one attached hydrogen (secondary N) is 1. The molecule has 1 aromatic rings. The molecule has 0 saturated heterocycles. The lowest BCUT2D eigenvalue weighted by Gasteiger charge is -2.08. The summed E-state index contributed by atoms with van der Waals surface area (Å²) in [6.07, 6.45) is -0.248. The van der Waals surface area contributed by atoms with Gasteiger partial charge in [-0.25, -0.2) is 8.42 Å². The van der Waals surface area contributed by atoms with Gasteiger partial charge in [0.25, 0.3) is 0 Å². The van der Waals surface area contributed by atoms with Crippen molar-refractivity contribution >= 4 is 27.5 Å². The Hall–Kier alpha value is -1.73. The Labute approximate surface area is 98.4 Å². The van der Waals surface area contributed by atoms with Gasteiger partial charge in [0.15, 0.2) is 0 Å². The van der Waals surface area contributed by atoms with Crippen LogP contribution in [0.15, 0.2) is 29.2 Å². The van der Waals surface area contributed by atoms with Gasteiger partial charge in [0.05, 0.1) is 11.3 Å². The van der Waals surface area contributed by atoms with Gasteiger partial charge in [-0.15, -0.1) is 0 Å². The minimum atomic E-state index is -4.48. The molecular weight excluding hydrogens is 246 g/mol. The highest BCUT2D eigenvalue weighted by molar-refractivity contribution is 7.85. The van der Waals surface area contributed by atoms with Crippen molar-refractivity contribution < 1.29 is 22.6 Å². The molecule has 0 atom stereocenters. The second kappa shape index (κ2) is 5.07. The van der Waals surface area contributed by atoms with Crippen molar-refractivity contribution in [3.63, 3.8) is 0 Å². The minimum absolute atomic E-state index is 0.248. The minimum Gasteiger partial charge on any atom is -0.744 e. The lowest BCUT2D eigenvalue weighted by atomic mass is 10.2. The molecule has 92 valence electrons. The lowest BCUT2D eigenvalue weighted by molar-refractivity contribution is -0.124. The SMILES string of the molecule is CC(=O)CC(=O)Nc1ccc(S(=O)(=O)[O-])cc1. The van der Waals surface area contributed by atoms with Crippen molar-refractivity contribution in [1.82, 2.24) is 0 Å². The first kappa shape index (κ1) is 13.3. The smallest absolute Gasteiger partial charge is 0.231 e. The van der Waals surface area contributed by atoms with E-state index in [2.05, 4.69) is 5.32 Å². The normalized spacial score (nSPS) is 10.9. The Morgan fingerprint density at radius 3 is 2.18 bits per heavy atom. The molecule has 1 rings (SSSR count). The first-order chi connectivity index (χ1) is 7.79. The molecule has 6 nitrogen and oxygen atoms in total. The number of amides is 1. The van der Waals surface area contributed by atoms with E-state index in [1.807, 2.05) is 0 Å². The average Bonchev–Trinajstić information content (AvgIpc) is 2.15. The zero-order valence-electron chi connectivity index (χ0n) is 8.97. The summed E-state index contributed by atoms with van der Waals surface area (Å²) in [6, 6.07) is 4.74. The Morgan fingerprint density at radius 2 is 1.76 bits per heavy atom. The van der Waals surface area contributed by atoms with Crippen molar-refractivity contribution in [2.75, 3.05) is 5.32 Å². The fourth-order valence-electron chi connectivity index (χ4n) is 1.14. The quantitative estimate of drug-likeness (QED) is 0.624. The Kier molecular flexibility index (Phi) is 3.97. The number of rotatable bonds is 4. The van der Waals surface area contributed by atoms with Crippen molar-refractivity contribution in [3.8, 4) is 0 Å². The maximum absolute atomic E-state index is 11.2. The van der Waals surface area contributed by atoms with Crippen LogP contribution in [0, 0.1) is 0 Å². The molecule has 0 bridgehead atoms. The summed E-state index contributed by atoms with van der Waals surface area (Å²) >= 11 is 0. The van der Waals surface area contributed by atoms with Gasteiger partial charge in [0, 0.05) is 5.69 Å². The van der Waals surface area contributed by atoms with E-state index in [0.29, 0.717) is 5.69 Å². The molecule has 0 aliphatic carbocycles. The van der Waals surface area contributed by atoms with Gasteiger partial charge >= 0.3 is 0 Å². The molecule has 0 radical (unpaired) electrons. The molecule has 0 fully saturated rings. The van der Waals surface area contributed by atoms with Gasteiger partial charge in [-0.05, 0) is 31.2 Å². The summed E-state index contributed by atoms with van der Waals surface area (Å²) in [5.41, 5.74) is 0.323. The van der Waals surface area contributed by atoms with E-state index in [-0.39, 0.29) is 17.1 Å². The van der Waals surface area contributed by atoms with Crippen LogP contribution in [0.2, 0.25) is 0 Å². The third-order valence-electron chi connectivity index (χ3n) is 1.84. The van der Waals surface area contributed by atoms with Crippen LogP contribution < -0.4 is 5.32 Å². The first-order valence-electron chi connectivity index (χ1n) is 4.64. The summed E-state index contributed by atoms with van der Waals surface area (Å²) < 4.78 is 31.9. The van der Waals surface area contributed by atoms with Crippen LogP contribution in [0.3, 0.4) is 0 Å². The standard InChI is InChI=1S/C10H11NO5S/c1-7(12)6-10(13)11-8-2-4-9(5-3-8)17(14,15)16/h2-5H,6H2,1H3,(H,11,13)(H,14,15,16)/p-1. The zero-order chi connectivity index (χ0) is 13.1. The zero-order valence-corrected chi connectivity index (χ0v) is 9.78. The Bertz CT molecular complexity index is 532. The number of hydrogen-bond acceptors (Lipinski definition) is 5. The third kappa shape index (κ3) is 4.33. The number of ketones is 1.